The highest BCUT2D eigenvalue weighted by Crippen LogP contribution is 2.24. The smallest absolute Gasteiger partial charge is 0.222 e. The molecule has 4 heteroatoms. The molecule has 0 N–H and O–H groups in total. The van der Waals surface area contributed by atoms with Crippen molar-refractivity contribution in [3.8, 4) is 0 Å². The summed E-state index contributed by atoms with van der Waals surface area (Å²) in [4.78, 5) is 8.16. The Kier molecular flexibility index (Phi) is 2.99. The normalized spacial score (nSPS) is 11.1. The molecular weight excluding hydrogens is 258 g/mol. The summed E-state index contributed by atoms with van der Waals surface area (Å²) in [6.07, 6.45) is 2.46. The van der Waals surface area contributed by atoms with Crippen LogP contribution < -0.4 is 0 Å². The Morgan fingerprint density at radius 3 is 2.89 bits per heavy atom. The maximum atomic E-state index is 5.83. The van der Waals surface area contributed by atoms with Gasteiger partial charge in [0.15, 0.2) is 0 Å². The van der Waals surface area contributed by atoms with Gasteiger partial charge in [-0.3, -0.25) is 0 Å². The van der Waals surface area contributed by atoms with Gasteiger partial charge < -0.3 is 4.57 Å². The third-order valence-electron chi connectivity index (χ3n) is 3.47. The fraction of sp³-hybridized carbons (Fsp3) is 0.200. The zero-order valence-corrected chi connectivity index (χ0v) is 11.6. The number of benzene rings is 1. The van der Waals surface area contributed by atoms with E-state index in [1.54, 1.807) is 6.20 Å². The van der Waals surface area contributed by atoms with Gasteiger partial charge in [-0.05, 0) is 42.3 Å². The monoisotopic (exact) mass is 271 g/mol. The van der Waals surface area contributed by atoms with E-state index >= 15 is 0 Å². The largest absolute Gasteiger partial charge is 0.348 e. The van der Waals surface area contributed by atoms with Crippen LogP contribution in [0.3, 0.4) is 0 Å². The highest BCUT2D eigenvalue weighted by Gasteiger charge is 2.08. The predicted molar refractivity (Wildman–Crippen MR) is 77.5 cm³/mol. The summed E-state index contributed by atoms with van der Waals surface area (Å²) in [5.41, 5.74) is 4.70. The summed E-state index contributed by atoms with van der Waals surface area (Å²) >= 11 is 5.83. The summed E-state index contributed by atoms with van der Waals surface area (Å²) in [5.74, 6) is 0. The topological polar surface area (TPSA) is 30.7 Å². The van der Waals surface area contributed by atoms with Crippen LogP contribution in [0.4, 0.5) is 0 Å². The SMILES string of the molecule is Cc1cc2c(Cc3ccnc(Cl)n3)cccc2n1C. The van der Waals surface area contributed by atoms with Gasteiger partial charge in [0.25, 0.3) is 0 Å². The van der Waals surface area contributed by atoms with Crippen molar-refractivity contribution >= 4 is 22.5 Å². The van der Waals surface area contributed by atoms with Crippen LogP contribution in [-0.4, -0.2) is 14.5 Å². The molecule has 0 bridgehead atoms. The first-order chi connectivity index (χ1) is 9.15. The van der Waals surface area contributed by atoms with Gasteiger partial charge in [0.1, 0.15) is 0 Å². The molecule has 0 aliphatic carbocycles. The molecule has 1 aromatic carbocycles. The third kappa shape index (κ3) is 2.22. The molecule has 0 spiro atoms. The standard InChI is InChI=1S/C15H14ClN3/c1-10-8-13-11(4-3-5-14(13)19(10)2)9-12-6-7-17-15(16)18-12/h3-8H,9H2,1-2H3. The van der Waals surface area contributed by atoms with E-state index in [1.165, 1.54) is 22.2 Å². The maximum absolute atomic E-state index is 5.83. The van der Waals surface area contributed by atoms with E-state index in [2.05, 4.69) is 52.8 Å². The summed E-state index contributed by atoms with van der Waals surface area (Å²) in [6.45, 7) is 2.12. The van der Waals surface area contributed by atoms with Crippen LogP contribution >= 0.6 is 11.6 Å². The van der Waals surface area contributed by atoms with Gasteiger partial charge in [0, 0.05) is 42.0 Å². The molecule has 0 radical (unpaired) electrons. The predicted octanol–water partition coefficient (Wildman–Crippen LogP) is 3.52. The molecule has 3 nitrogen and oxygen atoms in total. The molecule has 0 amide bonds. The number of hydrogen-bond acceptors (Lipinski definition) is 2. The van der Waals surface area contributed by atoms with Crippen LogP contribution in [0.25, 0.3) is 10.9 Å². The molecule has 0 aliphatic rings. The van der Waals surface area contributed by atoms with Gasteiger partial charge in [0.2, 0.25) is 5.28 Å². The minimum absolute atomic E-state index is 0.300. The van der Waals surface area contributed by atoms with E-state index < -0.39 is 0 Å². The first-order valence-corrected chi connectivity index (χ1v) is 6.54. The van der Waals surface area contributed by atoms with Gasteiger partial charge in [-0.25, -0.2) is 9.97 Å². The van der Waals surface area contributed by atoms with E-state index in [1.807, 2.05) is 6.07 Å². The number of aryl methyl sites for hydroxylation is 2. The number of rotatable bonds is 2. The van der Waals surface area contributed by atoms with Crippen LogP contribution in [-0.2, 0) is 13.5 Å². The highest BCUT2D eigenvalue weighted by atomic mass is 35.5. The van der Waals surface area contributed by atoms with Crippen LogP contribution in [0.15, 0.2) is 36.5 Å². The molecule has 3 rings (SSSR count). The molecule has 0 saturated carbocycles. The quantitative estimate of drug-likeness (QED) is 0.668. The molecule has 0 atom stereocenters. The molecule has 2 aromatic heterocycles. The molecule has 19 heavy (non-hydrogen) atoms. The molecule has 0 saturated heterocycles. The van der Waals surface area contributed by atoms with E-state index in [-0.39, 0.29) is 0 Å². The van der Waals surface area contributed by atoms with Crippen molar-refractivity contribution in [3.63, 3.8) is 0 Å². The second-order valence-electron chi connectivity index (χ2n) is 4.69. The Labute approximate surface area is 116 Å². The second kappa shape index (κ2) is 4.67. The van der Waals surface area contributed by atoms with Crippen molar-refractivity contribution in [2.24, 2.45) is 7.05 Å². The van der Waals surface area contributed by atoms with Crippen LogP contribution in [0.5, 0.6) is 0 Å². The van der Waals surface area contributed by atoms with E-state index in [0.29, 0.717) is 5.28 Å². The zero-order chi connectivity index (χ0) is 13.4. The molecule has 2 heterocycles. The lowest BCUT2D eigenvalue weighted by Gasteiger charge is -2.04. The van der Waals surface area contributed by atoms with Crippen LogP contribution in [0.1, 0.15) is 17.0 Å². The molecule has 96 valence electrons. The third-order valence-corrected chi connectivity index (χ3v) is 3.65. The second-order valence-corrected chi connectivity index (χ2v) is 5.03. The average Bonchev–Trinajstić information content (AvgIpc) is 2.67. The maximum Gasteiger partial charge on any atom is 0.222 e. The molecule has 0 fully saturated rings. The van der Waals surface area contributed by atoms with Crippen molar-refractivity contribution < 1.29 is 0 Å². The molecule has 0 unspecified atom stereocenters. The zero-order valence-electron chi connectivity index (χ0n) is 10.9. The average molecular weight is 272 g/mol. The van der Waals surface area contributed by atoms with E-state index in [9.17, 15) is 0 Å². The summed E-state index contributed by atoms with van der Waals surface area (Å²) in [5, 5.41) is 1.58. The molecule has 3 aromatic rings. The minimum Gasteiger partial charge on any atom is -0.348 e. The van der Waals surface area contributed by atoms with Crippen molar-refractivity contribution in [2.75, 3.05) is 0 Å². The van der Waals surface area contributed by atoms with Crippen molar-refractivity contribution in [3.05, 3.63) is 58.8 Å². The number of halogens is 1. The van der Waals surface area contributed by atoms with Gasteiger partial charge in [-0.15, -0.1) is 0 Å². The van der Waals surface area contributed by atoms with Crippen LogP contribution in [0, 0.1) is 6.92 Å². The molecule has 0 aliphatic heterocycles. The Morgan fingerprint density at radius 1 is 1.26 bits per heavy atom. The minimum atomic E-state index is 0.300. The van der Waals surface area contributed by atoms with Gasteiger partial charge in [0.05, 0.1) is 0 Å². The Morgan fingerprint density at radius 2 is 2.11 bits per heavy atom. The summed E-state index contributed by atoms with van der Waals surface area (Å²) < 4.78 is 2.20. The number of fused-ring (bicyclic) bond motifs is 1. The lowest BCUT2D eigenvalue weighted by atomic mass is 10.1. The van der Waals surface area contributed by atoms with Crippen molar-refractivity contribution in [1.29, 1.82) is 0 Å². The Hall–Kier alpha value is -1.87. The Balaban J connectivity index is 2.08. The van der Waals surface area contributed by atoms with Gasteiger partial charge in [-0.1, -0.05) is 12.1 Å². The van der Waals surface area contributed by atoms with Crippen LogP contribution in [0.2, 0.25) is 5.28 Å². The lowest BCUT2D eigenvalue weighted by Crippen LogP contribution is -1.95. The molecular formula is C15H14ClN3. The summed E-state index contributed by atoms with van der Waals surface area (Å²) in [6, 6.07) is 10.5. The first-order valence-electron chi connectivity index (χ1n) is 6.16. The van der Waals surface area contributed by atoms with Crippen molar-refractivity contribution in [2.45, 2.75) is 13.3 Å². The number of nitrogens with zero attached hydrogens (tertiary/aromatic N) is 3. The number of aromatic nitrogens is 3. The van der Waals surface area contributed by atoms with E-state index in [0.717, 1.165) is 12.1 Å². The van der Waals surface area contributed by atoms with Crippen molar-refractivity contribution in [1.82, 2.24) is 14.5 Å². The highest BCUT2D eigenvalue weighted by molar-refractivity contribution is 6.28. The first kappa shape index (κ1) is 12.2. The van der Waals surface area contributed by atoms with E-state index in [4.69, 9.17) is 11.6 Å². The number of hydrogen-bond donors (Lipinski definition) is 0. The Bertz CT molecular complexity index is 746. The fourth-order valence-corrected chi connectivity index (χ4v) is 2.54. The van der Waals surface area contributed by atoms with Gasteiger partial charge in [-0.2, -0.15) is 0 Å². The lowest BCUT2D eigenvalue weighted by molar-refractivity contribution is 0.918. The van der Waals surface area contributed by atoms with Gasteiger partial charge >= 0.3 is 0 Å². The fourth-order valence-electron chi connectivity index (χ4n) is 2.37. The summed E-state index contributed by atoms with van der Waals surface area (Å²) in [7, 11) is 2.09.